The molecule has 0 radical (unpaired) electrons. The van der Waals surface area contributed by atoms with E-state index in [2.05, 4.69) is 4.98 Å². The van der Waals surface area contributed by atoms with E-state index in [0.717, 1.165) is 17.3 Å². The third-order valence-corrected chi connectivity index (χ3v) is 2.59. The highest BCUT2D eigenvalue weighted by molar-refractivity contribution is 6.09. The Labute approximate surface area is 99.1 Å². The maximum absolute atomic E-state index is 13.0. The van der Waals surface area contributed by atoms with E-state index in [1.807, 2.05) is 26.0 Å². The average Bonchev–Trinajstić information content (AvgIpc) is 2.28. The highest BCUT2D eigenvalue weighted by Crippen LogP contribution is 2.15. The van der Waals surface area contributed by atoms with Crippen molar-refractivity contribution in [2.24, 2.45) is 0 Å². The second-order valence-electron chi connectivity index (χ2n) is 4.04. The number of ketones is 1. The van der Waals surface area contributed by atoms with Gasteiger partial charge in [-0.05, 0) is 25.5 Å². The summed E-state index contributed by atoms with van der Waals surface area (Å²) in [6, 6.07) is 6.76. The third-order valence-electron chi connectivity index (χ3n) is 2.59. The average molecular weight is 229 g/mol. The number of benzene rings is 1. The molecule has 17 heavy (non-hydrogen) atoms. The third kappa shape index (κ3) is 2.38. The van der Waals surface area contributed by atoms with Crippen LogP contribution in [0.2, 0.25) is 0 Å². The fourth-order valence-corrected chi connectivity index (χ4v) is 1.76. The van der Waals surface area contributed by atoms with Crippen LogP contribution < -0.4 is 0 Å². The van der Waals surface area contributed by atoms with Crippen molar-refractivity contribution in [3.63, 3.8) is 0 Å². The molecule has 0 spiro atoms. The van der Waals surface area contributed by atoms with Crippen LogP contribution in [0.4, 0.5) is 4.39 Å². The maximum atomic E-state index is 13.0. The molecular formula is C14H12FNO. The molecule has 0 bridgehead atoms. The van der Waals surface area contributed by atoms with Crippen LogP contribution in [0.15, 0.2) is 36.7 Å². The number of aromatic nitrogens is 1. The molecule has 0 saturated carbocycles. The summed E-state index contributed by atoms with van der Waals surface area (Å²) in [5.41, 5.74) is 2.84. The van der Waals surface area contributed by atoms with Crippen molar-refractivity contribution in [2.75, 3.05) is 0 Å². The van der Waals surface area contributed by atoms with E-state index in [0.29, 0.717) is 5.56 Å². The maximum Gasteiger partial charge on any atom is 0.194 e. The minimum absolute atomic E-state index is 0.200. The Hall–Kier alpha value is -2.03. The fourth-order valence-electron chi connectivity index (χ4n) is 1.76. The van der Waals surface area contributed by atoms with E-state index >= 15 is 0 Å². The lowest BCUT2D eigenvalue weighted by molar-refractivity contribution is 0.103. The van der Waals surface area contributed by atoms with Gasteiger partial charge in [0.2, 0.25) is 0 Å². The summed E-state index contributed by atoms with van der Waals surface area (Å²) in [6.07, 6.45) is 2.46. The molecule has 0 aliphatic rings. The molecule has 0 N–H and O–H groups in total. The first-order valence-electron chi connectivity index (χ1n) is 5.30. The molecule has 0 atom stereocenters. The highest BCUT2D eigenvalue weighted by atomic mass is 19.1. The molecule has 1 aromatic carbocycles. The van der Waals surface area contributed by atoms with Crippen molar-refractivity contribution in [1.82, 2.24) is 4.98 Å². The van der Waals surface area contributed by atoms with Gasteiger partial charge >= 0.3 is 0 Å². The Kier molecular flexibility index (Phi) is 3.00. The first-order valence-corrected chi connectivity index (χ1v) is 5.30. The van der Waals surface area contributed by atoms with Gasteiger partial charge in [0.15, 0.2) is 5.78 Å². The van der Waals surface area contributed by atoms with Gasteiger partial charge in [0.25, 0.3) is 0 Å². The Morgan fingerprint density at radius 1 is 1.18 bits per heavy atom. The Morgan fingerprint density at radius 2 is 1.94 bits per heavy atom. The van der Waals surface area contributed by atoms with Gasteiger partial charge in [0.05, 0.1) is 6.20 Å². The number of carbonyl (C=O) groups excluding carboxylic acids is 1. The summed E-state index contributed by atoms with van der Waals surface area (Å²) < 4.78 is 13.0. The van der Waals surface area contributed by atoms with Gasteiger partial charge in [-0.1, -0.05) is 23.8 Å². The summed E-state index contributed by atoms with van der Waals surface area (Å²) in [7, 11) is 0. The predicted octanol–water partition coefficient (Wildman–Crippen LogP) is 3.07. The lowest BCUT2D eigenvalue weighted by atomic mass is 9.98. The molecule has 0 unspecified atom stereocenters. The molecule has 0 amide bonds. The molecule has 1 aromatic heterocycles. The van der Waals surface area contributed by atoms with Gasteiger partial charge in [-0.25, -0.2) is 4.39 Å². The van der Waals surface area contributed by atoms with Crippen LogP contribution in [-0.2, 0) is 0 Å². The highest BCUT2D eigenvalue weighted by Gasteiger charge is 2.12. The zero-order valence-electron chi connectivity index (χ0n) is 9.70. The molecule has 2 nitrogen and oxygen atoms in total. The smallest absolute Gasteiger partial charge is 0.194 e. The molecule has 0 aliphatic heterocycles. The van der Waals surface area contributed by atoms with Crippen LogP contribution in [0.1, 0.15) is 27.0 Å². The summed E-state index contributed by atoms with van der Waals surface area (Å²) in [5, 5.41) is 0. The Bertz CT molecular complexity index is 578. The van der Waals surface area contributed by atoms with Crippen molar-refractivity contribution in [1.29, 1.82) is 0 Å². The fraction of sp³-hybridized carbons (Fsp3) is 0.143. The summed E-state index contributed by atoms with van der Waals surface area (Å²) in [5.74, 6) is -0.699. The first kappa shape index (κ1) is 11.5. The SMILES string of the molecule is Cc1ccc(C(=O)c2cncc(F)c2)c(C)c1. The molecular weight excluding hydrogens is 217 g/mol. The van der Waals surface area contributed by atoms with Gasteiger partial charge < -0.3 is 0 Å². The van der Waals surface area contributed by atoms with Crippen LogP contribution >= 0.6 is 0 Å². The first-order chi connectivity index (χ1) is 8.08. The van der Waals surface area contributed by atoms with Crippen molar-refractivity contribution in [3.8, 4) is 0 Å². The number of nitrogens with zero attached hydrogens (tertiary/aromatic N) is 1. The minimum atomic E-state index is -0.499. The standard InChI is InChI=1S/C14H12FNO/c1-9-3-4-13(10(2)5-9)14(17)11-6-12(15)8-16-7-11/h3-8H,1-2H3. The lowest BCUT2D eigenvalue weighted by Crippen LogP contribution is -2.04. The van der Waals surface area contributed by atoms with Gasteiger partial charge in [0.1, 0.15) is 5.82 Å². The van der Waals surface area contributed by atoms with Crippen LogP contribution in [0, 0.1) is 19.7 Å². The second-order valence-corrected chi connectivity index (χ2v) is 4.04. The van der Waals surface area contributed by atoms with Crippen LogP contribution in [0.3, 0.4) is 0 Å². The minimum Gasteiger partial charge on any atom is -0.289 e. The molecule has 1 heterocycles. The van der Waals surface area contributed by atoms with E-state index in [-0.39, 0.29) is 11.3 Å². The number of halogens is 1. The van der Waals surface area contributed by atoms with E-state index in [1.54, 1.807) is 6.07 Å². The van der Waals surface area contributed by atoms with E-state index in [9.17, 15) is 9.18 Å². The zero-order valence-corrected chi connectivity index (χ0v) is 9.70. The molecule has 2 rings (SSSR count). The largest absolute Gasteiger partial charge is 0.289 e. The molecule has 0 aliphatic carbocycles. The predicted molar refractivity (Wildman–Crippen MR) is 63.5 cm³/mol. The second kappa shape index (κ2) is 4.45. The molecule has 0 saturated heterocycles. The number of carbonyl (C=O) groups is 1. The molecule has 86 valence electrons. The molecule has 2 aromatic rings. The number of hydrogen-bond acceptors (Lipinski definition) is 2. The van der Waals surface area contributed by atoms with Gasteiger partial charge in [-0.3, -0.25) is 9.78 Å². The number of pyridine rings is 1. The monoisotopic (exact) mass is 229 g/mol. The van der Waals surface area contributed by atoms with E-state index in [4.69, 9.17) is 0 Å². The van der Waals surface area contributed by atoms with Gasteiger partial charge in [-0.15, -0.1) is 0 Å². The Balaban J connectivity index is 2.44. The van der Waals surface area contributed by atoms with E-state index in [1.165, 1.54) is 12.3 Å². The van der Waals surface area contributed by atoms with Gasteiger partial charge in [-0.2, -0.15) is 0 Å². The molecule has 3 heteroatoms. The number of aryl methyl sites for hydroxylation is 2. The van der Waals surface area contributed by atoms with Crippen LogP contribution in [0.25, 0.3) is 0 Å². The Morgan fingerprint density at radius 3 is 2.59 bits per heavy atom. The van der Waals surface area contributed by atoms with Crippen molar-refractivity contribution in [3.05, 3.63) is 64.7 Å². The summed E-state index contributed by atoms with van der Waals surface area (Å²) in [4.78, 5) is 15.8. The zero-order chi connectivity index (χ0) is 12.4. The summed E-state index contributed by atoms with van der Waals surface area (Å²) in [6.45, 7) is 3.83. The van der Waals surface area contributed by atoms with Gasteiger partial charge in [0, 0.05) is 17.3 Å². The number of hydrogen-bond donors (Lipinski definition) is 0. The summed E-state index contributed by atoms with van der Waals surface area (Å²) >= 11 is 0. The van der Waals surface area contributed by atoms with E-state index < -0.39 is 5.82 Å². The topological polar surface area (TPSA) is 30.0 Å². The lowest BCUT2D eigenvalue weighted by Gasteiger charge is -2.05. The normalized spacial score (nSPS) is 10.3. The van der Waals surface area contributed by atoms with Crippen molar-refractivity contribution < 1.29 is 9.18 Å². The van der Waals surface area contributed by atoms with Crippen LogP contribution in [0.5, 0.6) is 0 Å². The quantitative estimate of drug-likeness (QED) is 0.741. The van der Waals surface area contributed by atoms with Crippen LogP contribution in [-0.4, -0.2) is 10.8 Å². The number of rotatable bonds is 2. The van der Waals surface area contributed by atoms with Crippen molar-refractivity contribution >= 4 is 5.78 Å². The molecule has 0 fully saturated rings. The van der Waals surface area contributed by atoms with Crippen molar-refractivity contribution in [2.45, 2.75) is 13.8 Å².